The highest BCUT2D eigenvalue weighted by atomic mass is 16.1. The SMILES string of the molecule is C/C(C=O)=C/c1ccccc1C. The summed E-state index contributed by atoms with van der Waals surface area (Å²) in [7, 11) is 0. The Kier molecular flexibility index (Phi) is 2.81. The monoisotopic (exact) mass is 160 g/mol. The molecule has 12 heavy (non-hydrogen) atoms. The largest absolute Gasteiger partial charge is 0.298 e. The maximum Gasteiger partial charge on any atom is 0.145 e. The van der Waals surface area contributed by atoms with E-state index in [1.165, 1.54) is 5.56 Å². The quantitative estimate of drug-likeness (QED) is 0.480. The van der Waals surface area contributed by atoms with Gasteiger partial charge in [0.15, 0.2) is 0 Å². The summed E-state index contributed by atoms with van der Waals surface area (Å²) in [4.78, 5) is 10.4. The second-order valence-electron chi connectivity index (χ2n) is 2.86. The molecule has 0 saturated carbocycles. The third kappa shape index (κ3) is 2.06. The van der Waals surface area contributed by atoms with E-state index in [2.05, 4.69) is 0 Å². The molecule has 0 saturated heterocycles. The minimum atomic E-state index is 0.754. The summed E-state index contributed by atoms with van der Waals surface area (Å²) in [5, 5.41) is 0. The van der Waals surface area contributed by atoms with E-state index < -0.39 is 0 Å². The van der Waals surface area contributed by atoms with Crippen LogP contribution >= 0.6 is 0 Å². The molecule has 0 heterocycles. The van der Waals surface area contributed by atoms with Gasteiger partial charge in [0.2, 0.25) is 0 Å². The summed E-state index contributed by atoms with van der Waals surface area (Å²) < 4.78 is 0. The van der Waals surface area contributed by atoms with Gasteiger partial charge in [-0.15, -0.1) is 0 Å². The Hall–Kier alpha value is -1.37. The number of carbonyl (C=O) groups is 1. The fourth-order valence-corrected chi connectivity index (χ4v) is 1.03. The topological polar surface area (TPSA) is 17.1 Å². The zero-order chi connectivity index (χ0) is 8.97. The molecule has 0 amide bonds. The van der Waals surface area contributed by atoms with Gasteiger partial charge in [0.1, 0.15) is 6.29 Å². The zero-order valence-electron chi connectivity index (χ0n) is 7.37. The van der Waals surface area contributed by atoms with Crippen LogP contribution in [0.3, 0.4) is 0 Å². The number of hydrogen-bond donors (Lipinski definition) is 0. The zero-order valence-corrected chi connectivity index (χ0v) is 7.37. The average molecular weight is 160 g/mol. The Morgan fingerprint density at radius 3 is 2.58 bits per heavy atom. The van der Waals surface area contributed by atoms with Gasteiger partial charge in [-0.25, -0.2) is 0 Å². The standard InChI is InChI=1S/C11H12O/c1-9(8-12)7-11-6-4-3-5-10(11)2/h3-8H,1-2H3/b9-7-. The Labute approximate surface area is 72.7 Å². The molecule has 1 nitrogen and oxygen atoms in total. The third-order valence-electron chi connectivity index (χ3n) is 1.76. The molecule has 1 aromatic carbocycles. The van der Waals surface area contributed by atoms with E-state index in [1.807, 2.05) is 37.3 Å². The normalized spacial score (nSPS) is 11.3. The molecule has 1 heteroatoms. The van der Waals surface area contributed by atoms with E-state index in [-0.39, 0.29) is 0 Å². The maximum absolute atomic E-state index is 10.4. The van der Waals surface area contributed by atoms with Crippen molar-refractivity contribution < 1.29 is 4.79 Å². The third-order valence-corrected chi connectivity index (χ3v) is 1.76. The molecule has 0 unspecified atom stereocenters. The number of carbonyl (C=O) groups excluding carboxylic acids is 1. The van der Waals surface area contributed by atoms with Crippen molar-refractivity contribution in [2.75, 3.05) is 0 Å². The van der Waals surface area contributed by atoms with Gasteiger partial charge in [-0.2, -0.15) is 0 Å². The molecule has 0 atom stereocenters. The first-order valence-electron chi connectivity index (χ1n) is 3.93. The van der Waals surface area contributed by atoms with E-state index in [4.69, 9.17) is 0 Å². The van der Waals surface area contributed by atoms with Gasteiger partial charge in [-0.3, -0.25) is 4.79 Å². The molecular formula is C11H12O. The second kappa shape index (κ2) is 3.86. The molecule has 1 aromatic rings. The maximum atomic E-state index is 10.4. The van der Waals surface area contributed by atoms with Crippen molar-refractivity contribution in [1.82, 2.24) is 0 Å². The van der Waals surface area contributed by atoms with Crippen molar-refractivity contribution in [3.05, 3.63) is 41.0 Å². The predicted octanol–water partition coefficient (Wildman–Crippen LogP) is 2.60. The smallest absolute Gasteiger partial charge is 0.145 e. The first kappa shape index (κ1) is 8.72. The minimum absolute atomic E-state index is 0.754. The highest BCUT2D eigenvalue weighted by molar-refractivity contribution is 5.81. The number of allylic oxidation sites excluding steroid dienone is 1. The van der Waals surface area contributed by atoms with E-state index in [0.29, 0.717) is 0 Å². The van der Waals surface area contributed by atoms with Gasteiger partial charge >= 0.3 is 0 Å². The molecule has 0 spiro atoms. The van der Waals surface area contributed by atoms with Gasteiger partial charge < -0.3 is 0 Å². The van der Waals surface area contributed by atoms with Crippen LogP contribution in [0, 0.1) is 6.92 Å². The van der Waals surface area contributed by atoms with Gasteiger partial charge in [0.05, 0.1) is 0 Å². The van der Waals surface area contributed by atoms with E-state index >= 15 is 0 Å². The van der Waals surface area contributed by atoms with Crippen LogP contribution < -0.4 is 0 Å². The van der Waals surface area contributed by atoms with Crippen LogP contribution in [0.1, 0.15) is 18.1 Å². The molecule has 62 valence electrons. The van der Waals surface area contributed by atoms with E-state index in [0.717, 1.165) is 17.4 Å². The average Bonchev–Trinajstić information content (AvgIpc) is 2.09. The van der Waals surface area contributed by atoms with Crippen molar-refractivity contribution in [2.45, 2.75) is 13.8 Å². The molecule has 0 aliphatic rings. The summed E-state index contributed by atoms with van der Waals surface area (Å²) >= 11 is 0. The molecule has 0 fully saturated rings. The number of benzene rings is 1. The van der Waals surface area contributed by atoms with Gasteiger partial charge in [0.25, 0.3) is 0 Å². The van der Waals surface area contributed by atoms with E-state index in [1.54, 1.807) is 6.92 Å². The van der Waals surface area contributed by atoms with Crippen LogP contribution in [0.25, 0.3) is 6.08 Å². The Morgan fingerprint density at radius 1 is 1.33 bits per heavy atom. The van der Waals surface area contributed by atoms with Crippen LogP contribution in [0.4, 0.5) is 0 Å². The fourth-order valence-electron chi connectivity index (χ4n) is 1.03. The Balaban J connectivity index is 3.04. The van der Waals surface area contributed by atoms with Crippen LogP contribution in [-0.4, -0.2) is 6.29 Å². The van der Waals surface area contributed by atoms with Gasteiger partial charge in [0, 0.05) is 0 Å². The second-order valence-corrected chi connectivity index (χ2v) is 2.86. The first-order valence-corrected chi connectivity index (χ1v) is 3.93. The van der Waals surface area contributed by atoms with Gasteiger partial charge in [-0.05, 0) is 36.6 Å². The van der Waals surface area contributed by atoms with Gasteiger partial charge in [-0.1, -0.05) is 24.3 Å². The summed E-state index contributed by atoms with van der Waals surface area (Å²) in [6, 6.07) is 7.99. The molecule has 1 rings (SSSR count). The summed E-state index contributed by atoms with van der Waals surface area (Å²) in [6.07, 6.45) is 2.76. The minimum Gasteiger partial charge on any atom is -0.298 e. The lowest BCUT2D eigenvalue weighted by Crippen LogP contribution is -1.81. The van der Waals surface area contributed by atoms with Crippen molar-refractivity contribution in [2.24, 2.45) is 0 Å². The van der Waals surface area contributed by atoms with Crippen molar-refractivity contribution in [3.8, 4) is 0 Å². The highest BCUT2D eigenvalue weighted by Crippen LogP contribution is 2.10. The summed E-state index contributed by atoms with van der Waals surface area (Å²) in [5.74, 6) is 0. The highest BCUT2D eigenvalue weighted by Gasteiger charge is 1.92. The number of aldehydes is 1. The van der Waals surface area contributed by atoms with Crippen molar-refractivity contribution >= 4 is 12.4 Å². The number of hydrogen-bond acceptors (Lipinski definition) is 1. The van der Waals surface area contributed by atoms with Crippen molar-refractivity contribution in [3.63, 3.8) is 0 Å². The molecule has 0 aromatic heterocycles. The van der Waals surface area contributed by atoms with Crippen LogP contribution in [-0.2, 0) is 4.79 Å². The fraction of sp³-hybridized carbons (Fsp3) is 0.182. The van der Waals surface area contributed by atoms with Crippen LogP contribution in [0.2, 0.25) is 0 Å². The molecule has 0 aliphatic heterocycles. The molecule has 0 radical (unpaired) electrons. The van der Waals surface area contributed by atoms with Crippen LogP contribution in [0.15, 0.2) is 29.8 Å². The number of aryl methyl sites for hydroxylation is 1. The lowest BCUT2D eigenvalue weighted by molar-refractivity contribution is -0.104. The predicted molar refractivity (Wildman–Crippen MR) is 50.9 cm³/mol. The molecule has 0 N–H and O–H groups in total. The van der Waals surface area contributed by atoms with E-state index in [9.17, 15) is 4.79 Å². The van der Waals surface area contributed by atoms with Crippen molar-refractivity contribution in [1.29, 1.82) is 0 Å². The molecular weight excluding hydrogens is 148 g/mol. The number of rotatable bonds is 2. The Bertz CT molecular complexity index is 311. The van der Waals surface area contributed by atoms with Crippen LogP contribution in [0.5, 0.6) is 0 Å². The summed E-state index contributed by atoms with van der Waals surface area (Å²) in [6.45, 7) is 3.84. The Morgan fingerprint density at radius 2 is 2.00 bits per heavy atom. The first-order chi connectivity index (χ1) is 5.74. The lowest BCUT2D eigenvalue weighted by atomic mass is 10.1. The lowest BCUT2D eigenvalue weighted by Gasteiger charge is -1.98. The summed E-state index contributed by atoms with van der Waals surface area (Å²) in [5.41, 5.74) is 3.06. The molecule has 0 aliphatic carbocycles. The molecule has 0 bridgehead atoms.